The van der Waals surface area contributed by atoms with Gasteiger partial charge in [0.05, 0.1) is 0 Å². The Morgan fingerprint density at radius 1 is 1.29 bits per heavy atom. The van der Waals surface area contributed by atoms with Gasteiger partial charge in [-0.05, 0) is 49.9 Å². The van der Waals surface area contributed by atoms with Crippen molar-refractivity contribution in [3.05, 3.63) is 35.0 Å². The van der Waals surface area contributed by atoms with Crippen molar-refractivity contribution in [2.45, 2.75) is 33.6 Å². The molecular formula is C15H19NO. The standard InChI is InChI=1S/C15H19NO/c1-10-7-11(2)15-13(6-5-12(3)17)9-16(4)14(15)8-10/h7-9H,5-6H2,1-4H3. The Hall–Kier alpha value is -1.57. The SMILES string of the molecule is CC(=O)CCc1cn(C)c2cc(C)cc(C)c12. The Labute approximate surface area is 102 Å². The van der Waals surface area contributed by atoms with Crippen molar-refractivity contribution in [3.63, 3.8) is 0 Å². The number of nitrogens with zero attached hydrogens (tertiary/aromatic N) is 1. The third-order valence-corrected chi connectivity index (χ3v) is 3.26. The molecule has 2 rings (SSSR count). The molecule has 0 atom stereocenters. The quantitative estimate of drug-likeness (QED) is 0.791. The second kappa shape index (κ2) is 4.36. The minimum absolute atomic E-state index is 0.256. The first kappa shape index (κ1) is 11.9. The van der Waals surface area contributed by atoms with Crippen molar-refractivity contribution in [3.8, 4) is 0 Å². The van der Waals surface area contributed by atoms with E-state index in [9.17, 15) is 4.79 Å². The first-order valence-corrected chi connectivity index (χ1v) is 6.03. The molecule has 1 aromatic carbocycles. The van der Waals surface area contributed by atoms with E-state index in [1.165, 1.54) is 27.6 Å². The molecule has 0 saturated heterocycles. The molecule has 0 aliphatic rings. The number of hydrogen-bond acceptors (Lipinski definition) is 1. The van der Waals surface area contributed by atoms with Crippen LogP contribution in [0.5, 0.6) is 0 Å². The van der Waals surface area contributed by atoms with Gasteiger partial charge in [0.1, 0.15) is 5.78 Å². The highest BCUT2D eigenvalue weighted by atomic mass is 16.1. The van der Waals surface area contributed by atoms with Gasteiger partial charge in [-0.3, -0.25) is 0 Å². The van der Waals surface area contributed by atoms with E-state index in [2.05, 4.69) is 43.8 Å². The van der Waals surface area contributed by atoms with Crippen LogP contribution in [-0.4, -0.2) is 10.4 Å². The lowest BCUT2D eigenvalue weighted by Gasteiger charge is -2.03. The van der Waals surface area contributed by atoms with E-state index >= 15 is 0 Å². The number of fused-ring (bicyclic) bond motifs is 1. The Balaban J connectivity index is 2.54. The molecule has 0 unspecified atom stereocenters. The first-order chi connectivity index (χ1) is 7.99. The lowest BCUT2D eigenvalue weighted by Crippen LogP contribution is -1.93. The van der Waals surface area contributed by atoms with Crippen LogP contribution in [0, 0.1) is 13.8 Å². The monoisotopic (exact) mass is 229 g/mol. The average Bonchev–Trinajstić information content (AvgIpc) is 2.53. The normalized spacial score (nSPS) is 11.1. The summed E-state index contributed by atoms with van der Waals surface area (Å²) in [6.45, 7) is 5.92. The van der Waals surface area contributed by atoms with E-state index in [4.69, 9.17) is 0 Å². The van der Waals surface area contributed by atoms with Crippen LogP contribution >= 0.6 is 0 Å². The molecule has 2 aromatic rings. The predicted molar refractivity (Wildman–Crippen MR) is 71.4 cm³/mol. The number of rotatable bonds is 3. The Kier molecular flexibility index (Phi) is 3.05. The second-order valence-corrected chi connectivity index (χ2v) is 4.94. The number of benzene rings is 1. The third kappa shape index (κ3) is 2.26. The number of Topliss-reactive ketones (excluding diaryl/α,β-unsaturated/α-hetero) is 1. The van der Waals surface area contributed by atoms with Gasteiger partial charge in [-0.25, -0.2) is 0 Å². The molecule has 0 radical (unpaired) electrons. The van der Waals surface area contributed by atoms with Gasteiger partial charge in [0, 0.05) is 30.6 Å². The van der Waals surface area contributed by atoms with Gasteiger partial charge < -0.3 is 9.36 Å². The fourth-order valence-electron chi connectivity index (χ4n) is 2.51. The molecule has 1 aromatic heterocycles. The Morgan fingerprint density at radius 2 is 2.00 bits per heavy atom. The van der Waals surface area contributed by atoms with E-state index in [1.54, 1.807) is 6.92 Å². The molecule has 0 fully saturated rings. The minimum Gasteiger partial charge on any atom is -0.350 e. The molecule has 90 valence electrons. The Morgan fingerprint density at radius 3 is 2.65 bits per heavy atom. The van der Waals surface area contributed by atoms with Gasteiger partial charge in [-0.2, -0.15) is 0 Å². The number of aromatic nitrogens is 1. The Bertz CT molecular complexity index is 578. The topological polar surface area (TPSA) is 22.0 Å². The molecule has 0 aliphatic carbocycles. The van der Waals surface area contributed by atoms with Crippen LogP contribution in [0.1, 0.15) is 30.0 Å². The zero-order valence-corrected chi connectivity index (χ0v) is 11.0. The first-order valence-electron chi connectivity index (χ1n) is 6.03. The molecule has 0 amide bonds. The van der Waals surface area contributed by atoms with Crippen molar-refractivity contribution < 1.29 is 4.79 Å². The number of hydrogen-bond donors (Lipinski definition) is 0. The van der Waals surface area contributed by atoms with Crippen LogP contribution in [0.2, 0.25) is 0 Å². The summed E-state index contributed by atoms with van der Waals surface area (Å²) in [6, 6.07) is 4.42. The van der Waals surface area contributed by atoms with Crippen molar-refractivity contribution in [1.82, 2.24) is 4.57 Å². The van der Waals surface area contributed by atoms with Gasteiger partial charge in [0.15, 0.2) is 0 Å². The van der Waals surface area contributed by atoms with Crippen molar-refractivity contribution in [2.24, 2.45) is 7.05 Å². The maximum Gasteiger partial charge on any atom is 0.130 e. The molecule has 0 spiro atoms. The van der Waals surface area contributed by atoms with Gasteiger partial charge in [0.25, 0.3) is 0 Å². The summed E-state index contributed by atoms with van der Waals surface area (Å²) < 4.78 is 2.16. The molecule has 2 heteroatoms. The van der Waals surface area contributed by atoms with Gasteiger partial charge >= 0.3 is 0 Å². The molecule has 0 saturated carbocycles. The number of aryl methyl sites for hydroxylation is 4. The van der Waals surface area contributed by atoms with E-state index in [0.717, 1.165) is 6.42 Å². The summed E-state index contributed by atoms with van der Waals surface area (Å²) in [5, 5.41) is 1.32. The lowest BCUT2D eigenvalue weighted by atomic mass is 10.0. The van der Waals surface area contributed by atoms with E-state index in [-0.39, 0.29) is 5.78 Å². The number of ketones is 1. The number of carbonyl (C=O) groups excluding carboxylic acids is 1. The van der Waals surface area contributed by atoms with E-state index in [0.29, 0.717) is 6.42 Å². The van der Waals surface area contributed by atoms with Crippen molar-refractivity contribution in [1.29, 1.82) is 0 Å². The molecule has 0 aliphatic heterocycles. The summed E-state index contributed by atoms with van der Waals surface area (Å²) in [7, 11) is 2.07. The largest absolute Gasteiger partial charge is 0.350 e. The smallest absolute Gasteiger partial charge is 0.130 e. The van der Waals surface area contributed by atoms with Crippen LogP contribution in [0.4, 0.5) is 0 Å². The molecule has 1 heterocycles. The molecule has 0 bridgehead atoms. The maximum atomic E-state index is 11.1. The van der Waals surface area contributed by atoms with Gasteiger partial charge in [-0.15, -0.1) is 0 Å². The molecular weight excluding hydrogens is 210 g/mol. The highest BCUT2D eigenvalue weighted by molar-refractivity contribution is 5.88. The lowest BCUT2D eigenvalue weighted by molar-refractivity contribution is -0.116. The van der Waals surface area contributed by atoms with Crippen LogP contribution < -0.4 is 0 Å². The van der Waals surface area contributed by atoms with Gasteiger partial charge in [0.2, 0.25) is 0 Å². The van der Waals surface area contributed by atoms with Crippen molar-refractivity contribution >= 4 is 16.7 Å². The average molecular weight is 229 g/mol. The zero-order valence-electron chi connectivity index (χ0n) is 11.0. The molecule has 0 N–H and O–H groups in total. The minimum atomic E-state index is 0.256. The predicted octanol–water partition coefficient (Wildman–Crippen LogP) is 3.32. The fraction of sp³-hybridized carbons (Fsp3) is 0.400. The van der Waals surface area contributed by atoms with Crippen LogP contribution in [-0.2, 0) is 18.3 Å². The maximum absolute atomic E-state index is 11.1. The van der Waals surface area contributed by atoms with E-state index < -0.39 is 0 Å². The summed E-state index contributed by atoms with van der Waals surface area (Å²) >= 11 is 0. The second-order valence-electron chi connectivity index (χ2n) is 4.94. The third-order valence-electron chi connectivity index (χ3n) is 3.26. The summed E-state index contributed by atoms with van der Waals surface area (Å²) in [6.07, 6.45) is 3.63. The molecule has 2 nitrogen and oxygen atoms in total. The zero-order chi connectivity index (χ0) is 12.6. The van der Waals surface area contributed by atoms with E-state index in [1.807, 2.05) is 0 Å². The van der Waals surface area contributed by atoms with Crippen molar-refractivity contribution in [2.75, 3.05) is 0 Å². The van der Waals surface area contributed by atoms with Crippen LogP contribution in [0.3, 0.4) is 0 Å². The molecule has 17 heavy (non-hydrogen) atoms. The highest BCUT2D eigenvalue weighted by Gasteiger charge is 2.10. The summed E-state index contributed by atoms with van der Waals surface area (Å²) in [5.74, 6) is 0.256. The van der Waals surface area contributed by atoms with Crippen LogP contribution in [0.25, 0.3) is 10.9 Å². The summed E-state index contributed by atoms with van der Waals surface area (Å²) in [4.78, 5) is 11.1. The summed E-state index contributed by atoms with van der Waals surface area (Å²) in [5.41, 5.74) is 5.14. The fourth-order valence-corrected chi connectivity index (χ4v) is 2.51. The highest BCUT2D eigenvalue weighted by Crippen LogP contribution is 2.26. The van der Waals surface area contributed by atoms with Crippen LogP contribution in [0.15, 0.2) is 18.3 Å². The number of carbonyl (C=O) groups is 1. The van der Waals surface area contributed by atoms with Gasteiger partial charge in [-0.1, -0.05) is 6.07 Å².